The van der Waals surface area contributed by atoms with Gasteiger partial charge in [0.05, 0.1) is 11.0 Å². The van der Waals surface area contributed by atoms with Gasteiger partial charge in [0.15, 0.2) is 5.06 Å². The Labute approximate surface area is 171 Å². The molecule has 0 aliphatic carbocycles. The predicted molar refractivity (Wildman–Crippen MR) is 120 cm³/mol. The van der Waals surface area contributed by atoms with E-state index in [1.807, 2.05) is 25.3 Å². The highest BCUT2D eigenvalue weighted by atomic mass is 32.1. The predicted octanol–water partition coefficient (Wildman–Crippen LogP) is 6.87. The maximum absolute atomic E-state index is 10.7. The van der Waals surface area contributed by atoms with Gasteiger partial charge in [-0.25, -0.2) is 0 Å². The Kier molecular flexibility index (Phi) is 3.96. The molecule has 0 amide bonds. The van der Waals surface area contributed by atoms with Gasteiger partial charge in [-0.1, -0.05) is 12.1 Å². The molecule has 0 aliphatic rings. The number of thiophene rings is 2. The van der Waals surface area contributed by atoms with E-state index in [-0.39, 0.29) is 0 Å². The van der Waals surface area contributed by atoms with Gasteiger partial charge in [0.25, 0.3) is 0 Å². The summed E-state index contributed by atoms with van der Waals surface area (Å²) < 4.78 is 0. The van der Waals surface area contributed by atoms with Crippen LogP contribution in [0.5, 0.6) is 5.06 Å². The second kappa shape index (κ2) is 6.40. The van der Waals surface area contributed by atoms with Crippen molar-refractivity contribution in [3.63, 3.8) is 0 Å². The Morgan fingerprint density at radius 3 is 1.79 bits per heavy atom. The highest BCUT2D eigenvalue weighted by molar-refractivity contribution is 7.14. The first-order valence-electron chi connectivity index (χ1n) is 9.07. The maximum atomic E-state index is 10.7. The number of hydrogen-bond acceptors (Lipinski definition) is 5. The number of rotatable bonds is 2. The largest absolute Gasteiger partial charge is 0.499 e. The van der Waals surface area contributed by atoms with Gasteiger partial charge in [-0.3, -0.25) is 9.97 Å². The van der Waals surface area contributed by atoms with Crippen molar-refractivity contribution in [3.8, 4) is 27.3 Å². The first-order valence-corrected chi connectivity index (χ1v) is 10.7. The van der Waals surface area contributed by atoms with Crippen molar-refractivity contribution in [2.45, 2.75) is 20.8 Å². The molecule has 5 rings (SSSR count). The molecule has 0 fully saturated rings. The normalized spacial score (nSPS) is 11.5. The number of hydrogen-bond donors (Lipinski definition) is 1. The lowest BCUT2D eigenvalue weighted by molar-refractivity contribution is 0.493. The van der Waals surface area contributed by atoms with Crippen molar-refractivity contribution < 1.29 is 5.11 Å². The van der Waals surface area contributed by atoms with Gasteiger partial charge in [0.2, 0.25) is 0 Å². The summed E-state index contributed by atoms with van der Waals surface area (Å²) in [6, 6.07) is 12.4. The number of aryl methyl sites for hydroxylation is 3. The minimum absolute atomic E-state index is 0.344. The summed E-state index contributed by atoms with van der Waals surface area (Å²) in [5, 5.41) is 13.2. The van der Waals surface area contributed by atoms with E-state index < -0.39 is 0 Å². The minimum atomic E-state index is 0.344. The van der Waals surface area contributed by atoms with Gasteiger partial charge in [-0.05, 0) is 50.6 Å². The molecule has 0 spiro atoms. The van der Waals surface area contributed by atoms with Crippen LogP contribution in [0.25, 0.3) is 44.1 Å². The number of aromatic nitrogens is 2. The summed E-state index contributed by atoms with van der Waals surface area (Å²) in [7, 11) is 0. The van der Waals surface area contributed by atoms with E-state index in [4.69, 9.17) is 0 Å². The molecule has 0 saturated carbocycles. The number of benzene rings is 1. The molecular formula is C23H18N2OS2. The maximum Gasteiger partial charge on any atom is 0.179 e. The van der Waals surface area contributed by atoms with E-state index in [9.17, 15) is 5.11 Å². The first kappa shape index (κ1) is 17.3. The molecule has 138 valence electrons. The van der Waals surface area contributed by atoms with Gasteiger partial charge in [0.1, 0.15) is 0 Å². The zero-order valence-electron chi connectivity index (χ0n) is 15.8. The molecular weight excluding hydrogens is 384 g/mol. The van der Waals surface area contributed by atoms with Crippen molar-refractivity contribution in [3.05, 3.63) is 63.4 Å². The molecule has 0 radical (unpaired) electrons. The summed E-state index contributed by atoms with van der Waals surface area (Å²) in [5.41, 5.74) is 5.98. The highest BCUT2D eigenvalue weighted by Crippen LogP contribution is 2.49. The summed E-state index contributed by atoms with van der Waals surface area (Å²) in [6.07, 6.45) is 3.62. The lowest BCUT2D eigenvalue weighted by Crippen LogP contribution is -1.94. The Morgan fingerprint density at radius 2 is 1.29 bits per heavy atom. The molecule has 4 heterocycles. The second-order valence-electron chi connectivity index (χ2n) is 6.95. The minimum Gasteiger partial charge on any atom is -0.499 e. The highest BCUT2D eigenvalue weighted by Gasteiger charge is 2.23. The quantitative estimate of drug-likeness (QED) is 0.328. The van der Waals surface area contributed by atoms with E-state index >= 15 is 0 Å². The zero-order valence-corrected chi connectivity index (χ0v) is 17.4. The molecule has 0 unspecified atom stereocenters. The van der Waals surface area contributed by atoms with Crippen molar-refractivity contribution >= 4 is 44.5 Å². The van der Waals surface area contributed by atoms with Crippen LogP contribution in [-0.2, 0) is 0 Å². The van der Waals surface area contributed by atoms with Crippen LogP contribution in [-0.4, -0.2) is 15.1 Å². The van der Waals surface area contributed by atoms with Gasteiger partial charge in [0, 0.05) is 54.5 Å². The monoisotopic (exact) mass is 402 g/mol. The number of aromatic hydroxyl groups is 1. The summed E-state index contributed by atoms with van der Waals surface area (Å²) in [5.74, 6) is 0. The van der Waals surface area contributed by atoms with Crippen LogP contribution in [0.4, 0.5) is 0 Å². The summed E-state index contributed by atoms with van der Waals surface area (Å²) in [4.78, 5) is 12.9. The molecule has 5 heteroatoms. The fourth-order valence-corrected chi connectivity index (χ4v) is 5.66. The van der Waals surface area contributed by atoms with Crippen molar-refractivity contribution in [1.82, 2.24) is 9.97 Å². The van der Waals surface area contributed by atoms with E-state index in [1.165, 1.54) is 26.7 Å². The smallest absolute Gasteiger partial charge is 0.179 e. The zero-order chi connectivity index (χ0) is 19.4. The molecule has 5 aromatic rings. The molecule has 0 aliphatic heterocycles. The van der Waals surface area contributed by atoms with Gasteiger partial charge >= 0.3 is 0 Å². The van der Waals surface area contributed by atoms with Crippen molar-refractivity contribution in [2.75, 3.05) is 0 Å². The van der Waals surface area contributed by atoms with Crippen LogP contribution in [0.2, 0.25) is 0 Å². The van der Waals surface area contributed by atoms with Gasteiger partial charge in [-0.2, -0.15) is 0 Å². The van der Waals surface area contributed by atoms with E-state index in [0.29, 0.717) is 5.06 Å². The summed E-state index contributed by atoms with van der Waals surface area (Å²) >= 11 is 3.21. The lowest BCUT2D eigenvalue weighted by Gasteiger charge is -2.16. The standard InChI is InChI=1S/C23H18N2OS2/c1-12-10-17(14(3)27-12)19-15-6-4-8-24-21(15)22-16(7-5-9-25-22)20(19)18-11-13(2)28-23(18)26/h4-11,26H,1-3H3. The van der Waals surface area contributed by atoms with Gasteiger partial charge < -0.3 is 5.11 Å². The number of pyridine rings is 2. The van der Waals surface area contributed by atoms with Gasteiger partial charge in [-0.15, -0.1) is 22.7 Å². The summed E-state index contributed by atoms with van der Waals surface area (Å²) in [6.45, 7) is 6.32. The molecule has 1 aromatic carbocycles. The first-order chi connectivity index (χ1) is 13.5. The third-order valence-electron chi connectivity index (χ3n) is 5.04. The molecule has 28 heavy (non-hydrogen) atoms. The Bertz CT molecular complexity index is 1260. The van der Waals surface area contributed by atoms with Crippen LogP contribution in [0.15, 0.2) is 48.8 Å². The van der Waals surface area contributed by atoms with Crippen LogP contribution in [0.1, 0.15) is 14.6 Å². The molecule has 0 atom stereocenters. The Balaban J connectivity index is 2.08. The number of nitrogens with zero attached hydrogens (tertiary/aromatic N) is 2. The Morgan fingerprint density at radius 1 is 0.750 bits per heavy atom. The fraction of sp³-hybridized carbons (Fsp3) is 0.130. The lowest BCUT2D eigenvalue weighted by atomic mass is 9.88. The molecule has 0 bridgehead atoms. The fourth-order valence-electron chi connectivity index (χ4n) is 3.98. The molecule has 3 nitrogen and oxygen atoms in total. The van der Waals surface area contributed by atoms with Crippen LogP contribution >= 0.6 is 22.7 Å². The Hall–Kier alpha value is -2.76. The van der Waals surface area contributed by atoms with E-state index in [0.717, 1.165) is 43.4 Å². The number of fused-ring (bicyclic) bond motifs is 3. The van der Waals surface area contributed by atoms with Crippen molar-refractivity contribution in [2.24, 2.45) is 0 Å². The third kappa shape index (κ3) is 2.54. The van der Waals surface area contributed by atoms with Crippen LogP contribution in [0, 0.1) is 20.8 Å². The van der Waals surface area contributed by atoms with E-state index in [1.54, 1.807) is 17.5 Å². The van der Waals surface area contributed by atoms with Crippen molar-refractivity contribution in [1.29, 1.82) is 0 Å². The van der Waals surface area contributed by atoms with Crippen LogP contribution in [0.3, 0.4) is 0 Å². The topological polar surface area (TPSA) is 46.0 Å². The third-order valence-corrected chi connectivity index (χ3v) is 6.86. The SMILES string of the molecule is Cc1cc(-c2c(-c3cc(C)sc3O)c3cccnc3c3ncccc23)c(C)s1. The second-order valence-corrected chi connectivity index (χ2v) is 9.65. The van der Waals surface area contributed by atoms with E-state index in [2.05, 4.69) is 48.1 Å². The molecule has 1 N–H and O–H groups in total. The average molecular weight is 403 g/mol. The molecule has 0 saturated heterocycles. The van der Waals surface area contributed by atoms with Crippen LogP contribution < -0.4 is 0 Å². The molecule has 4 aromatic heterocycles. The average Bonchev–Trinajstić information content (AvgIpc) is 3.20.